The van der Waals surface area contributed by atoms with Gasteiger partial charge in [0.1, 0.15) is 11.6 Å². The number of anilines is 1. The van der Waals surface area contributed by atoms with Crippen molar-refractivity contribution in [1.82, 2.24) is 29.5 Å². The standard InChI is InChI=1S/C16H24N8S.HI/c1-4-14-21-16(25-22-14)24-9-7-23(8-10-24)15(17-3)19-11-13-5-6-18-12(2)20-13;/h5-6H,4,7-11H2,1-3H3,(H,17,19);1H. The van der Waals surface area contributed by atoms with E-state index in [0.29, 0.717) is 6.54 Å². The molecule has 0 saturated carbocycles. The van der Waals surface area contributed by atoms with Crippen LogP contribution >= 0.6 is 35.5 Å². The second-order valence-electron chi connectivity index (χ2n) is 5.82. The first kappa shape index (κ1) is 20.7. The van der Waals surface area contributed by atoms with Gasteiger partial charge in [-0.05, 0) is 13.0 Å². The second kappa shape index (κ2) is 9.95. The van der Waals surface area contributed by atoms with Crippen LogP contribution in [0.25, 0.3) is 0 Å². The van der Waals surface area contributed by atoms with Gasteiger partial charge in [-0.3, -0.25) is 4.99 Å². The Bertz CT molecular complexity index is 727. The molecule has 10 heteroatoms. The van der Waals surface area contributed by atoms with Crippen molar-refractivity contribution >= 4 is 46.6 Å². The quantitative estimate of drug-likeness (QED) is 0.399. The van der Waals surface area contributed by atoms with E-state index in [2.05, 4.69) is 46.4 Å². The zero-order valence-electron chi connectivity index (χ0n) is 15.3. The minimum absolute atomic E-state index is 0. The number of guanidine groups is 1. The third-order valence-electron chi connectivity index (χ3n) is 4.10. The van der Waals surface area contributed by atoms with E-state index >= 15 is 0 Å². The monoisotopic (exact) mass is 488 g/mol. The maximum atomic E-state index is 4.58. The predicted molar refractivity (Wildman–Crippen MR) is 115 cm³/mol. The molecule has 0 aliphatic carbocycles. The van der Waals surface area contributed by atoms with Gasteiger partial charge in [-0.2, -0.15) is 4.37 Å². The van der Waals surface area contributed by atoms with E-state index in [-0.39, 0.29) is 24.0 Å². The largest absolute Gasteiger partial charge is 0.351 e. The highest BCUT2D eigenvalue weighted by Crippen LogP contribution is 2.19. The van der Waals surface area contributed by atoms with Crippen LogP contribution in [0.3, 0.4) is 0 Å². The first-order chi connectivity index (χ1) is 12.2. The molecule has 0 bridgehead atoms. The molecule has 0 amide bonds. The topological polar surface area (TPSA) is 82.4 Å². The maximum absolute atomic E-state index is 4.58. The summed E-state index contributed by atoms with van der Waals surface area (Å²) in [6.07, 6.45) is 2.67. The predicted octanol–water partition coefficient (Wildman–Crippen LogP) is 1.71. The average Bonchev–Trinajstić information content (AvgIpc) is 3.12. The summed E-state index contributed by atoms with van der Waals surface area (Å²) in [5.74, 6) is 2.62. The van der Waals surface area contributed by atoms with Crippen LogP contribution in [0.15, 0.2) is 17.3 Å². The molecule has 0 atom stereocenters. The van der Waals surface area contributed by atoms with E-state index in [0.717, 1.165) is 61.0 Å². The minimum Gasteiger partial charge on any atom is -0.351 e. The Balaban J connectivity index is 0.00000243. The number of aliphatic imine (C=N–C) groups is 1. The summed E-state index contributed by atoms with van der Waals surface area (Å²) in [6.45, 7) is 8.28. The lowest BCUT2D eigenvalue weighted by atomic mass is 10.3. The van der Waals surface area contributed by atoms with Gasteiger partial charge in [0.25, 0.3) is 0 Å². The number of aryl methyl sites for hydroxylation is 2. The second-order valence-corrected chi connectivity index (χ2v) is 6.55. The Hall–Kier alpha value is -1.56. The number of hydrogen-bond donors (Lipinski definition) is 1. The molecule has 1 aliphatic heterocycles. The lowest BCUT2D eigenvalue weighted by Gasteiger charge is -2.36. The van der Waals surface area contributed by atoms with Crippen molar-refractivity contribution in [2.45, 2.75) is 26.8 Å². The lowest BCUT2D eigenvalue weighted by molar-refractivity contribution is 0.372. The summed E-state index contributed by atoms with van der Waals surface area (Å²) in [5, 5.41) is 4.42. The van der Waals surface area contributed by atoms with E-state index in [1.807, 2.05) is 20.0 Å². The highest BCUT2D eigenvalue weighted by molar-refractivity contribution is 14.0. The van der Waals surface area contributed by atoms with Gasteiger partial charge in [-0.1, -0.05) is 6.92 Å². The van der Waals surface area contributed by atoms with Crippen LogP contribution in [0.1, 0.15) is 24.3 Å². The lowest BCUT2D eigenvalue weighted by Crippen LogP contribution is -2.52. The van der Waals surface area contributed by atoms with Gasteiger partial charge in [0.05, 0.1) is 12.2 Å². The molecule has 0 radical (unpaired) electrons. The van der Waals surface area contributed by atoms with E-state index in [1.54, 1.807) is 6.20 Å². The number of nitrogens with zero attached hydrogens (tertiary/aromatic N) is 7. The number of rotatable bonds is 4. The van der Waals surface area contributed by atoms with Crippen LogP contribution in [-0.2, 0) is 13.0 Å². The Morgan fingerprint density at radius 2 is 2.04 bits per heavy atom. The van der Waals surface area contributed by atoms with Gasteiger partial charge in [0.2, 0.25) is 5.13 Å². The molecule has 0 unspecified atom stereocenters. The van der Waals surface area contributed by atoms with E-state index in [4.69, 9.17) is 0 Å². The third-order valence-corrected chi connectivity index (χ3v) is 4.91. The number of nitrogens with one attached hydrogen (secondary N) is 1. The first-order valence-corrected chi connectivity index (χ1v) is 9.28. The van der Waals surface area contributed by atoms with Gasteiger partial charge >= 0.3 is 0 Å². The molecule has 0 aromatic carbocycles. The van der Waals surface area contributed by atoms with Gasteiger partial charge in [-0.15, -0.1) is 24.0 Å². The summed E-state index contributed by atoms with van der Waals surface area (Å²) >= 11 is 1.49. The SMILES string of the molecule is CCc1nsc(N2CCN(C(=NC)NCc3ccnc(C)n3)CC2)n1.I. The van der Waals surface area contributed by atoms with Crippen LogP contribution in [0, 0.1) is 6.92 Å². The zero-order chi connectivity index (χ0) is 17.6. The summed E-state index contributed by atoms with van der Waals surface area (Å²) in [5.41, 5.74) is 0.966. The molecule has 1 saturated heterocycles. The molecule has 3 heterocycles. The molecule has 8 nitrogen and oxygen atoms in total. The van der Waals surface area contributed by atoms with Crippen LogP contribution in [-0.4, -0.2) is 63.4 Å². The Labute approximate surface area is 175 Å². The van der Waals surface area contributed by atoms with E-state index in [9.17, 15) is 0 Å². The number of piperazine rings is 1. The fraction of sp³-hybridized carbons (Fsp3) is 0.562. The molecule has 3 rings (SSSR count). The summed E-state index contributed by atoms with van der Waals surface area (Å²) in [7, 11) is 1.82. The number of hydrogen-bond acceptors (Lipinski definition) is 7. The number of aromatic nitrogens is 4. The van der Waals surface area contributed by atoms with Crippen molar-refractivity contribution in [1.29, 1.82) is 0 Å². The minimum atomic E-state index is 0. The molecule has 1 aliphatic rings. The van der Waals surface area contributed by atoms with Crippen LogP contribution in [0.5, 0.6) is 0 Å². The molecule has 1 fully saturated rings. The van der Waals surface area contributed by atoms with E-state index < -0.39 is 0 Å². The van der Waals surface area contributed by atoms with Gasteiger partial charge < -0.3 is 15.1 Å². The van der Waals surface area contributed by atoms with Crippen molar-refractivity contribution in [2.24, 2.45) is 4.99 Å². The first-order valence-electron chi connectivity index (χ1n) is 8.51. The third kappa shape index (κ3) is 5.22. The van der Waals surface area contributed by atoms with Crippen LogP contribution in [0.2, 0.25) is 0 Å². The normalized spacial score (nSPS) is 15.0. The summed E-state index contributed by atoms with van der Waals surface area (Å²) in [6, 6.07) is 1.92. The fourth-order valence-corrected chi connectivity index (χ4v) is 3.53. The van der Waals surface area contributed by atoms with Crippen LogP contribution < -0.4 is 10.2 Å². The molecule has 2 aromatic rings. The smallest absolute Gasteiger partial charge is 0.205 e. The molecule has 2 aromatic heterocycles. The molecular formula is C16H25IN8S. The highest BCUT2D eigenvalue weighted by Gasteiger charge is 2.22. The molecule has 26 heavy (non-hydrogen) atoms. The summed E-state index contributed by atoms with van der Waals surface area (Å²) < 4.78 is 4.38. The van der Waals surface area contributed by atoms with Crippen molar-refractivity contribution in [3.05, 3.63) is 29.6 Å². The number of halogens is 1. The molecule has 1 N–H and O–H groups in total. The molecule has 142 valence electrons. The van der Waals surface area contributed by atoms with Crippen molar-refractivity contribution in [3.63, 3.8) is 0 Å². The maximum Gasteiger partial charge on any atom is 0.205 e. The Kier molecular flexibility index (Phi) is 7.94. The van der Waals surface area contributed by atoms with Gasteiger partial charge in [0, 0.05) is 57.4 Å². The molecule has 0 spiro atoms. The highest BCUT2D eigenvalue weighted by atomic mass is 127. The van der Waals surface area contributed by atoms with Gasteiger partial charge in [0.15, 0.2) is 5.96 Å². The Morgan fingerprint density at radius 1 is 1.27 bits per heavy atom. The van der Waals surface area contributed by atoms with Crippen molar-refractivity contribution in [2.75, 3.05) is 38.1 Å². The van der Waals surface area contributed by atoms with Crippen molar-refractivity contribution in [3.8, 4) is 0 Å². The molecular weight excluding hydrogens is 463 g/mol. The zero-order valence-corrected chi connectivity index (χ0v) is 18.5. The van der Waals surface area contributed by atoms with Crippen LogP contribution in [0.4, 0.5) is 5.13 Å². The van der Waals surface area contributed by atoms with E-state index in [1.165, 1.54) is 11.5 Å². The van der Waals surface area contributed by atoms with Crippen molar-refractivity contribution < 1.29 is 0 Å². The summed E-state index contributed by atoms with van der Waals surface area (Å²) in [4.78, 5) is 22.1. The van der Waals surface area contributed by atoms with Gasteiger partial charge in [-0.25, -0.2) is 15.0 Å². The Morgan fingerprint density at radius 3 is 2.65 bits per heavy atom. The fourth-order valence-electron chi connectivity index (χ4n) is 2.73. The average molecular weight is 488 g/mol.